The lowest BCUT2D eigenvalue weighted by Gasteiger charge is -2.23. The Kier molecular flexibility index (Phi) is 7.48. The molecule has 1 aliphatic rings. The highest BCUT2D eigenvalue weighted by molar-refractivity contribution is 8.14. The average molecular weight is 416 g/mol. The molecule has 8 heteroatoms. The molecule has 1 amide bonds. The van der Waals surface area contributed by atoms with Crippen LogP contribution in [-0.4, -0.2) is 62.2 Å². The molecule has 1 fully saturated rings. The number of hydrogen-bond donors (Lipinski definition) is 2. The predicted molar refractivity (Wildman–Crippen MR) is 112 cm³/mol. The Morgan fingerprint density at radius 2 is 2.17 bits per heavy atom. The molecule has 0 aliphatic carbocycles. The van der Waals surface area contributed by atoms with E-state index in [-0.39, 0.29) is 29.6 Å². The normalized spacial score (nSPS) is 18.6. The van der Waals surface area contributed by atoms with Crippen LogP contribution in [0, 0.1) is 0 Å². The van der Waals surface area contributed by atoms with Gasteiger partial charge in [-0.3, -0.25) is 4.79 Å². The number of benzene rings is 1. The molecule has 2 unspecified atom stereocenters. The van der Waals surface area contributed by atoms with Crippen LogP contribution in [0.15, 0.2) is 49.2 Å². The number of nitrogens with one attached hydrogen (secondary N) is 1. The standard InChI is InChI=1S/C21H25N3O4S/c1-2-10-28-21(27)24-14-18(29-20(26)15-6-4-3-5-7-15)12-17(24)11-16-13-22-19(23-16)8-9-25/h2-7,13,17-18,25H,1,8-12,14H2,(H,22,23). The maximum atomic E-state index is 12.6. The van der Waals surface area contributed by atoms with Crippen molar-refractivity contribution in [1.29, 1.82) is 0 Å². The molecule has 1 aliphatic heterocycles. The lowest BCUT2D eigenvalue weighted by atomic mass is 10.1. The van der Waals surface area contributed by atoms with E-state index >= 15 is 0 Å². The zero-order valence-electron chi connectivity index (χ0n) is 16.1. The Bertz CT molecular complexity index is 839. The van der Waals surface area contributed by atoms with Crippen LogP contribution in [0.5, 0.6) is 0 Å². The molecule has 1 aromatic carbocycles. The van der Waals surface area contributed by atoms with E-state index in [0.717, 1.165) is 5.69 Å². The van der Waals surface area contributed by atoms with E-state index in [4.69, 9.17) is 9.84 Å². The number of imidazole rings is 1. The maximum absolute atomic E-state index is 12.6. The van der Waals surface area contributed by atoms with Crippen LogP contribution >= 0.6 is 11.8 Å². The number of aromatic nitrogens is 2. The number of carbonyl (C=O) groups is 2. The van der Waals surface area contributed by atoms with Crippen LogP contribution in [-0.2, 0) is 17.6 Å². The summed E-state index contributed by atoms with van der Waals surface area (Å²) in [5.41, 5.74) is 1.55. The lowest BCUT2D eigenvalue weighted by molar-refractivity contribution is 0.107. The molecule has 0 spiro atoms. The summed E-state index contributed by atoms with van der Waals surface area (Å²) < 4.78 is 5.24. The summed E-state index contributed by atoms with van der Waals surface area (Å²) in [5, 5.41) is 9.04. The van der Waals surface area contributed by atoms with Gasteiger partial charge in [0, 0.05) is 48.1 Å². The van der Waals surface area contributed by atoms with Gasteiger partial charge in [-0.1, -0.05) is 54.7 Å². The van der Waals surface area contributed by atoms with E-state index in [1.807, 2.05) is 18.2 Å². The zero-order chi connectivity index (χ0) is 20.6. The Hall–Kier alpha value is -2.58. The summed E-state index contributed by atoms with van der Waals surface area (Å²) in [5.74, 6) is 0.714. The quantitative estimate of drug-likeness (QED) is 0.644. The monoisotopic (exact) mass is 415 g/mol. The van der Waals surface area contributed by atoms with Gasteiger partial charge in [-0.05, 0) is 6.42 Å². The van der Waals surface area contributed by atoms with Crippen molar-refractivity contribution < 1.29 is 19.4 Å². The minimum absolute atomic E-state index is 0.00225. The third-order valence-corrected chi connectivity index (χ3v) is 5.83. The van der Waals surface area contributed by atoms with Gasteiger partial charge in [-0.2, -0.15) is 0 Å². The minimum Gasteiger partial charge on any atom is -0.445 e. The van der Waals surface area contributed by atoms with Crippen LogP contribution in [0.4, 0.5) is 4.79 Å². The fourth-order valence-corrected chi connectivity index (χ4v) is 4.51. The zero-order valence-corrected chi connectivity index (χ0v) is 16.9. The van der Waals surface area contributed by atoms with Crippen molar-refractivity contribution in [3.8, 4) is 0 Å². The fraction of sp³-hybridized carbons (Fsp3) is 0.381. The molecule has 2 heterocycles. The molecule has 0 radical (unpaired) electrons. The van der Waals surface area contributed by atoms with Gasteiger partial charge in [0.2, 0.25) is 5.12 Å². The van der Waals surface area contributed by atoms with Crippen molar-refractivity contribution >= 4 is 23.0 Å². The van der Waals surface area contributed by atoms with Crippen LogP contribution < -0.4 is 0 Å². The van der Waals surface area contributed by atoms with E-state index < -0.39 is 6.09 Å². The van der Waals surface area contributed by atoms with Crippen LogP contribution in [0.1, 0.15) is 28.3 Å². The molecule has 3 rings (SSSR count). The molecule has 2 atom stereocenters. The first-order chi connectivity index (χ1) is 14.1. The van der Waals surface area contributed by atoms with Crippen molar-refractivity contribution in [2.24, 2.45) is 0 Å². The van der Waals surface area contributed by atoms with Gasteiger partial charge in [-0.25, -0.2) is 9.78 Å². The number of likely N-dealkylation sites (tertiary alicyclic amines) is 1. The fourth-order valence-electron chi connectivity index (χ4n) is 3.38. The first-order valence-corrected chi connectivity index (χ1v) is 10.4. The molecule has 0 bridgehead atoms. The van der Waals surface area contributed by atoms with Crippen molar-refractivity contribution in [1.82, 2.24) is 14.9 Å². The summed E-state index contributed by atoms with van der Waals surface area (Å²) in [6.45, 7) is 4.19. The lowest BCUT2D eigenvalue weighted by Crippen LogP contribution is -2.37. The van der Waals surface area contributed by atoms with Crippen molar-refractivity contribution in [2.75, 3.05) is 19.8 Å². The van der Waals surface area contributed by atoms with E-state index in [0.29, 0.717) is 37.2 Å². The average Bonchev–Trinajstić information content (AvgIpc) is 3.34. The number of aliphatic hydroxyl groups is 1. The summed E-state index contributed by atoms with van der Waals surface area (Å²) >= 11 is 1.27. The summed E-state index contributed by atoms with van der Waals surface area (Å²) in [4.78, 5) is 34.2. The van der Waals surface area contributed by atoms with Crippen molar-refractivity contribution in [3.63, 3.8) is 0 Å². The summed E-state index contributed by atoms with van der Waals surface area (Å²) in [7, 11) is 0. The molecular weight excluding hydrogens is 390 g/mol. The summed E-state index contributed by atoms with van der Waals surface area (Å²) in [6, 6.07) is 9.05. The van der Waals surface area contributed by atoms with Gasteiger partial charge >= 0.3 is 6.09 Å². The number of ether oxygens (including phenoxy) is 1. The number of thioether (sulfide) groups is 1. The Balaban J connectivity index is 1.68. The molecule has 29 heavy (non-hydrogen) atoms. The van der Waals surface area contributed by atoms with Gasteiger partial charge in [0.15, 0.2) is 0 Å². The molecule has 2 N–H and O–H groups in total. The summed E-state index contributed by atoms with van der Waals surface area (Å²) in [6.07, 6.45) is 4.58. The molecule has 1 saturated heterocycles. The molecule has 0 saturated carbocycles. The first-order valence-electron chi connectivity index (χ1n) is 9.54. The number of aliphatic hydroxyl groups excluding tert-OH is 1. The van der Waals surface area contributed by atoms with Gasteiger partial charge in [-0.15, -0.1) is 0 Å². The third kappa shape index (κ3) is 5.71. The maximum Gasteiger partial charge on any atom is 0.410 e. The second-order valence-electron chi connectivity index (χ2n) is 6.83. The number of hydrogen-bond acceptors (Lipinski definition) is 6. The highest BCUT2D eigenvalue weighted by Gasteiger charge is 2.37. The second kappa shape index (κ2) is 10.3. The number of rotatable bonds is 8. The van der Waals surface area contributed by atoms with E-state index in [1.165, 1.54) is 17.8 Å². The number of nitrogens with zero attached hydrogens (tertiary/aromatic N) is 2. The second-order valence-corrected chi connectivity index (χ2v) is 8.11. The van der Waals surface area contributed by atoms with Crippen LogP contribution in [0.3, 0.4) is 0 Å². The Morgan fingerprint density at radius 1 is 1.38 bits per heavy atom. The van der Waals surface area contributed by atoms with Gasteiger partial charge < -0.3 is 19.7 Å². The van der Waals surface area contributed by atoms with Crippen LogP contribution in [0.25, 0.3) is 0 Å². The molecular formula is C21H25N3O4S. The third-order valence-electron chi connectivity index (χ3n) is 4.70. The molecule has 154 valence electrons. The highest BCUT2D eigenvalue weighted by atomic mass is 32.2. The predicted octanol–water partition coefficient (Wildman–Crippen LogP) is 2.83. The van der Waals surface area contributed by atoms with E-state index in [1.54, 1.807) is 23.2 Å². The van der Waals surface area contributed by atoms with Crippen molar-refractivity contribution in [3.05, 3.63) is 66.3 Å². The van der Waals surface area contributed by atoms with Crippen LogP contribution in [0.2, 0.25) is 0 Å². The first kappa shape index (κ1) is 21.1. The molecule has 1 aromatic heterocycles. The number of H-pyrrole nitrogens is 1. The van der Waals surface area contributed by atoms with Gasteiger partial charge in [0.25, 0.3) is 0 Å². The smallest absolute Gasteiger partial charge is 0.410 e. The highest BCUT2D eigenvalue weighted by Crippen LogP contribution is 2.32. The number of amides is 1. The topological polar surface area (TPSA) is 95.5 Å². The Morgan fingerprint density at radius 3 is 2.90 bits per heavy atom. The van der Waals surface area contributed by atoms with Gasteiger partial charge in [0.1, 0.15) is 12.4 Å². The largest absolute Gasteiger partial charge is 0.445 e. The van der Waals surface area contributed by atoms with Crippen molar-refractivity contribution in [2.45, 2.75) is 30.6 Å². The Labute approximate surface area is 174 Å². The van der Waals surface area contributed by atoms with E-state index in [9.17, 15) is 9.59 Å². The van der Waals surface area contributed by atoms with Gasteiger partial charge in [0.05, 0.1) is 6.61 Å². The molecule has 7 nitrogen and oxygen atoms in total. The molecule has 2 aromatic rings. The SMILES string of the molecule is C=CCOC(=O)N1CC(SC(=O)c2ccccc2)CC1Cc1cnc(CCO)[nH]1. The van der Waals surface area contributed by atoms with E-state index in [2.05, 4.69) is 16.5 Å². The number of carbonyl (C=O) groups excluding carboxylic acids is 2. The number of aromatic amines is 1. The minimum atomic E-state index is -0.403.